The number of benzene rings is 1. The molecule has 0 aliphatic carbocycles. The fraction of sp³-hybridized carbons (Fsp3) is 0.700. The number of fused-ring (bicyclic) bond motifs is 1. The van der Waals surface area contributed by atoms with Crippen molar-refractivity contribution in [1.82, 2.24) is 16.0 Å². The van der Waals surface area contributed by atoms with Gasteiger partial charge in [-0.2, -0.15) is 0 Å². The van der Waals surface area contributed by atoms with Crippen molar-refractivity contribution in [3.05, 3.63) is 75.6 Å². The van der Waals surface area contributed by atoms with Crippen LogP contribution in [0.25, 0.3) is 0 Å². The van der Waals surface area contributed by atoms with Crippen molar-refractivity contribution in [1.29, 1.82) is 0 Å². The van der Waals surface area contributed by atoms with Crippen LogP contribution in [0.3, 0.4) is 0 Å². The molecule has 27 heteroatoms. The standard InChI is InChI=1S/C25H41NO6S.C23H36ClNO7.C22H34ClNO7.Na/c1-2-3-4-5-6-7-8-9-10-11-13-24(21-14-15-23-22(20-21)16-18-31-23)32-25(27)26-17-12-19-33(28,29)30;1-2-3-4-5-6-7-8-9-10-11-12-18(19-14-15-20(24)31-19)32-23(30)25-17(22(28)29)13-16-21(26)27;1-2-3-4-5-6-7-8-9-10-11-12-17(18-13-14-19(23)30-18)31-22(29)24-16(21(27)28)15-20(25)26;/h14-15,20,24H,2-13,16-19H2,1H3,(H,26,27)(H,28,29,30);14-15,17-18H,2-13,16H2,1H3,(H,25,30)(H,26,27)(H,28,29);13-14,16-17H,2-12,15H2,1H3,(H,24,29)(H,25,26)(H,27,28);/q;;;+1/p-1. The summed E-state index contributed by atoms with van der Waals surface area (Å²) >= 11 is 11.7. The maximum absolute atomic E-state index is 12.3. The van der Waals surface area contributed by atoms with Crippen LogP contribution in [0.4, 0.5) is 14.4 Å². The molecule has 3 aromatic rings. The molecule has 0 saturated heterocycles. The van der Waals surface area contributed by atoms with Gasteiger partial charge in [0.1, 0.15) is 35.5 Å². The number of unbranched alkanes of at least 4 members (excludes halogenated alkanes) is 27. The molecule has 2 aromatic heterocycles. The van der Waals surface area contributed by atoms with Crippen LogP contribution in [0.2, 0.25) is 10.4 Å². The molecule has 546 valence electrons. The van der Waals surface area contributed by atoms with E-state index in [4.69, 9.17) is 66.3 Å². The molecule has 3 amide bonds. The zero-order valence-corrected chi connectivity index (χ0v) is 62.2. The number of hydrogen-bond donors (Lipinski definition) is 7. The first-order valence-electron chi connectivity index (χ1n) is 35.0. The number of alkyl carbamates (subject to hydrolysis) is 3. The number of carboxylic acids is 4. The number of nitrogens with one attached hydrogen (secondary N) is 3. The first kappa shape index (κ1) is 89.8. The second-order valence-corrected chi connectivity index (χ2v) is 26.8. The summed E-state index contributed by atoms with van der Waals surface area (Å²) in [5.41, 5.74) is 2.08. The third kappa shape index (κ3) is 45.9. The molecule has 3 heterocycles. The van der Waals surface area contributed by atoms with Crippen molar-refractivity contribution in [2.24, 2.45) is 0 Å². The molecule has 0 spiro atoms. The number of carbonyl (C=O) groups is 7. The Morgan fingerprint density at radius 2 is 0.897 bits per heavy atom. The molecular weight excluding hydrogens is 1330 g/mol. The molecule has 5 atom stereocenters. The average Bonchev–Trinajstić information content (AvgIpc) is 1.79. The van der Waals surface area contributed by atoms with E-state index in [2.05, 4.69) is 42.8 Å². The van der Waals surface area contributed by atoms with Gasteiger partial charge >= 0.3 is 71.7 Å². The maximum atomic E-state index is 12.3. The van der Waals surface area contributed by atoms with E-state index in [0.29, 0.717) is 31.0 Å². The van der Waals surface area contributed by atoms with Gasteiger partial charge < -0.3 is 68.7 Å². The normalized spacial score (nSPS) is 13.1. The van der Waals surface area contributed by atoms with Crippen molar-refractivity contribution in [3.8, 4) is 5.75 Å². The predicted octanol–water partition coefficient (Wildman–Crippen LogP) is 14.9. The Morgan fingerprint density at radius 3 is 1.27 bits per heavy atom. The van der Waals surface area contributed by atoms with Gasteiger partial charge in [0.25, 0.3) is 0 Å². The molecular formula is C70H110Cl2N3NaO20S. The van der Waals surface area contributed by atoms with E-state index in [9.17, 15) is 51.6 Å². The maximum Gasteiger partial charge on any atom is 1.00 e. The number of furan rings is 2. The zero-order valence-electron chi connectivity index (χ0n) is 57.9. The van der Waals surface area contributed by atoms with Crippen molar-refractivity contribution in [2.75, 3.05) is 18.9 Å². The summed E-state index contributed by atoms with van der Waals surface area (Å²) in [7, 11) is -4.28. The van der Waals surface area contributed by atoms with E-state index < -0.39 is 88.7 Å². The number of carboxylic acid groups (broad SMARTS) is 4. The van der Waals surface area contributed by atoms with Gasteiger partial charge in [0, 0.05) is 25.1 Å². The summed E-state index contributed by atoms with van der Waals surface area (Å²) in [4.78, 5) is 80.6. The van der Waals surface area contributed by atoms with Crippen molar-refractivity contribution < 1.29 is 124 Å². The van der Waals surface area contributed by atoms with Crippen molar-refractivity contribution in [3.63, 3.8) is 0 Å². The number of halogens is 2. The minimum absolute atomic E-state index is 0. The Labute approximate surface area is 607 Å². The molecule has 0 bridgehead atoms. The molecule has 0 fully saturated rings. The van der Waals surface area contributed by atoms with Gasteiger partial charge in [0.15, 0.2) is 22.6 Å². The summed E-state index contributed by atoms with van der Waals surface area (Å²) in [5.74, 6) is -4.12. The van der Waals surface area contributed by atoms with Crippen LogP contribution >= 0.6 is 23.2 Å². The van der Waals surface area contributed by atoms with E-state index in [1.54, 1.807) is 18.2 Å². The van der Waals surface area contributed by atoms with Gasteiger partial charge in [-0.25, -0.2) is 32.4 Å². The molecule has 7 N–H and O–H groups in total. The molecule has 4 rings (SSSR count). The van der Waals surface area contributed by atoms with Gasteiger partial charge in [-0.3, -0.25) is 9.59 Å². The molecule has 1 aliphatic rings. The second kappa shape index (κ2) is 55.5. The SMILES string of the molecule is CCCCCCCCCCCCC(OC(=O)NC(CC(=O)O)C(=O)O)c1ccc(Cl)o1.CCCCCCCCCCCCC(OC(=O)NC(CCC(=O)O)C(=O)O)c1ccc(Cl)o1.CCCCCCCCCCCCC(OC(=O)NCCCS(=O)(=O)[O-])c1ccc2c(c1)CCO2.[Na+]. The summed E-state index contributed by atoms with van der Waals surface area (Å²) in [6.45, 7) is 7.41. The largest absolute Gasteiger partial charge is 1.00 e. The fourth-order valence-corrected chi connectivity index (χ4v) is 11.6. The zero-order chi connectivity index (χ0) is 70.8. The summed E-state index contributed by atoms with van der Waals surface area (Å²) in [6, 6.07) is 9.31. The minimum Gasteiger partial charge on any atom is -0.748 e. The van der Waals surface area contributed by atoms with Crippen LogP contribution in [-0.4, -0.2) is 107 Å². The molecule has 97 heavy (non-hydrogen) atoms. The van der Waals surface area contributed by atoms with E-state index in [-0.39, 0.29) is 71.9 Å². The summed E-state index contributed by atoms with van der Waals surface area (Å²) < 4.78 is 64.8. The van der Waals surface area contributed by atoms with Gasteiger partial charge in [-0.15, -0.1) is 0 Å². The second-order valence-electron chi connectivity index (χ2n) is 24.5. The first-order chi connectivity index (χ1) is 46.0. The summed E-state index contributed by atoms with van der Waals surface area (Å²) in [5, 5.41) is 43.0. The Balaban J connectivity index is 0.000000724. The van der Waals surface area contributed by atoms with E-state index in [0.717, 1.165) is 81.1 Å². The van der Waals surface area contributed by atoms with E-state index in [1.165, 1.54) is 147 Å². The quantitative estimate of drug-likeness (QED) is 0.0119. The number of rotatable bonds is 52. The molecule has 0 saturated carbocycles. The molecule has 5 unspecified atom stereocenters. The Kier molecular flexibility index (Phi) is 51.4. The number of hydrogen-bond acceptors (Lipinski definition) is 16. The van der Waals surface area contributed by atoms with Crippen LogP contribution in [0, 0.1) is 0 Å². The monoisotopic (exact) mass is 1440 g/mol. The summed E-state index contributed by atoms with van der Waals surface area (Å²) in [6.07, 6.45) is 32.7. The van der Waals surface area contributed by atoms with Crippen LogP contribution in [0.15, 0.2) is 51.3 Å². The smallest absolute Gasteiger partial charge is 0.748 e. The number of ether oxygens (including phenoxy) is 4. The van der Waals surface area contributed by atoms with Crippen LogP contribution in [0.1, 0.15) is 299 Å². The number of carbonyl (C=O) groups excluding carboxylic acids is 3. The average molecular weight is 1440 g/mol. The minimum atomic E-state index is -4.28. The first-order valence-corrected chi connectivity index (χ1v) is 37.4. The molecule has 1 aliphatic heterocycles. The van der Waals surface area contributed by atoms with E-state index in [1.807, 2.05) is 12.1 Å². The number of amides is 3. The van der Waals surface area contributed by atoms with Gasteiger partial charge in [-0.1, -0.05) is 200 Å². The third-order valence-corrected chi connectivity index (χ3v) is 17.4. The Hall–Kier alpha value is -5.24. The van der Waals surface area contributed by atoms with Crippen LogP contribution in [0.5, 0.6) is 5.75 Å². The van der Waals surface area contributed by atoms with Gasteiger partial charge in [0.05, 0.1) is 23.1 Å². The molecule has 0 radical (unpaired) electrons. The topological polar surface area (TPSA) is 357 Å². The third-order valence-electron chi connectivity index (χ3n) is 16.2. The van der Waals surface area contributed by atoms with Crippen molar-refractivity contribution >= 4 is 75.5 Å². The van der Waals surface area contributed by atoms with Gasteiger partial charge in [-0.05, 0) is 122 Å². The Bertz CT molecular complexity index is 2770. The number of aliphatic carboxylic acids is 4. The van der Waals surface area contributed by atoms with Gasteiger partial charge in [0.2, 0.25) is 0 Å². The Morgan fingerprint density at radius 1 is 0.505 bits per heavy atom. The molecule has 1 aromatic carbocycles. The predicted molar refractivity (Wildman–Crippen MR) is 366 cm³/mol. The van der Waals surface area contributed by atoms with Crippen LogP contribution in [-0.2, 0) is 49.9 Å². The van der Waals surface area contributed by atoms with Crippen LogP contribution < -0.4 is 50.2 Å². The van der Waals surface area contributed by atoms with E-state index >= 15 is 0 Å². The van der Waals surface area contributed by atoms with Crippen molar-refractivity contribution in [2.45, 2.75) is 295 Å². The fourth-order valence-electron chi connectivity index (χ4n) is 10.8. The molecule has 23 nitrogen and oxygen atoms in total.